The Labute approximate surface area is 109 Å². The van der Waals surface area contributed by atoms with E-state index < -0.39 is 12.0 Å². The second-order valence-corrected chi connectivity index (χ2v) is 3.85. The van der Waals surface area contributed by atoms with E-state index in [0.717, 1.165) is 26.2 Å². The minimum atomic E-state index is -0.784. The van der Waals surface area contributed by atoms with Crippen LogP contribution in [0.2, 0.25) is 0 Å². The van der Waals surface area contributed by atoms with Crippen LogP contribution in [0.25, 0.3) is 0 Å². The van der Waals surface area contributed by atoms with Crippen LogP contribution in [0.3, 0.4) is 0 Å². The zero-order chi connectivity index (χ0) is 11.3. The molecule has 1 fully saturated rings. The molecule has 1 rings (SSSR count). The van der Waals surface area contributed by atoms with Crippen molar-refractivity contribution in [2.45, 2.75) is 13.0 Å². The van der Waals surface area contributed by atoms with Crippen LogP contribution in [0.1, 0.15) is 6.92 Å². The topological polar surface area (TPSA) is 53.0 Å². The summed E-state index contributed by atoms with van der Waals surface area (Å²) < 4.78 is 5.20. The van der Waals surface area contributed by atoms with E-state index in [0.29, 0.717) is 6.61 Å². The Bertz CT molecular complexity index is 208. The number of likely N-dealkylation sites (N-methyl/N-ethyl adjacent to an activating group) is 1. The van der Waals surface area contributed by atoms with Gasteiger partial charge in [-0.25, -0.2) is 0 Å². The summed E-state index contributed by atoms with van der Waals surface area (Å²) in [5, 5.41) is 9.08. The number of carboxylic acids is 1. The monoisotopic (exact) mass is 224 g/mol. The number of hydrogen-bond donors (Lipinski definition) is 1. The van der Waals surface area contributed by atoms with Crippen LogP contribution < -0.4 is 0 Å². The second-order valence-electron chi connectivity index (χ2n) is 3.85. The number of ether oxygens (including phenoxy) is 1. The Hall–Kier alpha value is -0.0526. The summed E-state index contributed by atoms with van der Waals surface area (Å²) in [7, 11) is 2.05. The molecule has 5 nitrogen and oxygen atoms in total. The molecule has 1 heterocycles. The predicted octanol–water partition coefficient (Wildman–Crippen LogP) is -0.925. The molecule has 16 heavy (non-hydrogen) atoms. The Balaban J connectivity index is 0.00000225. The van der Waals surface area contributed by atoms with Gasteiger partial charge < -0.3 is 14.7 Å². The van der Waals surface area contributed by atoms with Crippen LogP contribution in [-0.4, -0.2) is 92.2 Å². The minimum absolute atomic E-state index is 0. The van der Waals surface area contributed by atoms with Gasteiger partial charge in [0.2, 0.25) is 0 Å². The number of hydrogen-bond acceptors (Lipinski definition) is 4. The molecular weight excluding hydrogens is 203 g/mol. The molecule has 90 valence electrons. The van der Waals surface area contributed by atoms with E-state index >= 15 is 0 Å². The molecule has 1 aliphatic rings. The van der Waals surface area contributed by atoms with Gasteiger partial charge >= 0.3 is 24.8 Å². The summed E-state index contributed by atoms with van der Waals surface area (Å²) in [6, 6.07) is -0.487. The van der Waals surface area contributed by atoms with Gasteiger partial charge in [-0.3, -0.25) is 9.69 Å². The molecular formula is C10H21LiN2O3. The van der Waals surface area contributed by atoms with Crippen molar-refractivity contribution in [3.63, 3.8) is 0 Å². The standard InChI is InChI=1S/C10H20N2O3.Li.H/c1-3-15-8-9(10(13)14)12-6-4-11(2)5-7-12;;/h9H,3-8H2,1-2H3,(H,13,14);;/t9-;;/m1../s1. The molecule has 0 saturated carbocycles. The fourth-order valence-corrected chi connectivity index (χ4v) is 1.70. The molecule has 0 bridgehead atoms. The van der Waals surface area contributed by atoms with Crippen molar-refractivity contribution in [2.24, 2.45) is 0 Å². The summed E-state index contributed by atoms with van der Waals surface area (Å²) in [6.45, 7) is 6.20. The first-order valence-electron chi connectivity index (χ1n) is 5.38. The molecule has 0 aromatic carbocycles. The van der Waals surface area contributed by atoms with Crippen molar-refractivity contribution in [3.05, 3.63) is 0 Å². The molecule has 1 atom stereocenters. The maximum atomic E-state index is 11.1. The summed E-state index contributed by atoms with van der Waals surface area (Å²) in [6.07, 6.45) is 0. The fraction of sp³-hybridized carbons (Fsp3) is 0.900. The summed E-state index contributed by atoms with van der Waals surface area (Å²) in [4.78, 5) is 15.2. The van der Waals surface area contributed by atoms with E-state index in [9.17, 15) is 4.79 Å². The van der Waals surface area contributed by atoms with Gasteiger partial charge in [0.15, 0.2) is 0 Å². The molecule has 0 spiro atoms. The van der Waals surface area contributed by atoms with Gasteiger partial charge in [0.05, 0.1) is 6.61 Å². The number of aliphatic carboxylic acids is 1. The number of rotatable bonds is 5. The maximum absolute atomic E-state index is 11.1. The second kappa shape index (κ2) is 8.10. The molecule has 1 aliphatic heterocycles. The average molecular weight is 224 g/mol. The van der Waals surface area contributed by atoms with Crippen molar-refractivity contribution in [1.82, 2.24) is 9.80 Å². The van der Waals surface area contributed by atoms with Crippen molar-refractivity contribution in [1.29, 1.82) is 0 Å². The number of nitrogens with zero attached hydrogens (tertiary/aromatic N) is 2. The summed E-state index contributed by atoms with van der Waals surface area (Å²) in [5.41, 5.74) is 0. The van der Waals surface area contributed by atoms with Crippen molar-refractivity contribution < 1.29 is 14.6 Å². The van der Waals surface area contributed by atoms with Crippen LogP contribution in [0.15, 0.2) is 0 Å². The van der Waals surface area contributed by atoms with E-state index in [1.54, 1.807) is 0 Å². The van der Waals surface area contributed by atoms with Gasteiger partial charge in [0.1, 0.15) is 6.04 Å². The van der Waals surface area contributed by atoms with Gasteiger partial charge in [-0.05, 0) is 14.0 Å². The number of carbonyl (C=O) groups is 1. The van der Waals surface area contributed by atoms with Crippen molar-refractivity contribution in [2.75, 3.05) is 46.4 Å². The molecule has 0 aliphatic carbocycles. The van der Waals surface area contributed by atoms with E-state index in [-0.39, 0.29) is 25.5 Å². The first-order valence-corrected chi connectivity index (χ1v) is 5.38. The predicted molar refractivity (Wildman–Crippen MR) is 64.1 cm³/mol. The Morgan fingerprint density at radius 1 is 1.38 bits per heavy atom. The van der Waals surface area contributed by atoms with Gasteiger partial charge in [0, 0.05) is 32.8 Å². The van der Waals surface area contributed by atoms with E-state index in [2.05, 4.69) is 11.9 Å². The van der Waals surface area contributed by atoms with Crippen molar-refractivity contribution in [3.8, 4) is 0 Å². The molecule has 0 amide bonds. The Kier molecular flexibility index (Phi) is 8.07. The normalized spacial score (nSPS) is 20.1. The molecule has 0 radical (unpaired) electrons. The van der Waals surface area contributed by atoms with Crippen LogP contribution in [0, 0.1) is 0 Å². The third-order valence-electron chi connectivity index (χ3n) is 2.74. The Morgan fingerprint density at radius 2 is 1.94 bits per heavy atom. The number of carboxylic acid groups (broad SMARTS) is 1. The van der Waals surface area contributed by atoms with E-state index in [1.165, 1.54) is 0 Å². The quantitative estimate of drug-likeness (QED) is 0.612. The number of piperazine rings is 1. The molecule has 1 N–H and O–H groups in total. The molecule has 0 unspecified atom stereocenters. The van der Waals surface area contributed by atoms with Crippen LogP contribution in [0.4, 0.5) is 0 Å². The SMILES string of the molecule is CCOC[C@H](C(=O)O)N1CCN(C)CC1.[LiH]. The Morgan fingerprint density at radius 3 is 2.38 bits per heavy atom. The fourth-order valence-electron chi connectivity index (χ4n) is 1.70. The first-order chi connectivity index (χ1) is 7.15. The average Bonchev–Trinajstić information content (AvgIpc) is 2.21. The van der Waals surface area contributed by atoms with Crippen molar-refractivity contribution >= 4 is 24.8 Å². The van der Waals surface area contributed by atoms with Crippen LogP contribution in [-0.2, 0) is 9.53 Å². The third-order valence-corrected chi connectivity index (χ3v) is 2.74. The van der Waals surface area contributed by atoms with Gasteiger partial charge in [0.25, 0.3) is 0 Å². The molecule has 0 aromatic rings. The van der Waals surface area contributed by atoms with Crippen LogP contribution >= 0.6 is 0 Å². The molecule has 1 saturated heterocycles. The summed E-state index contributed by atoms with van der Waals surface area (Å²) in [5.74, 6) is -0.784. The van der Waals surface area contributed by atoms with Gasteiger partial charge in [-0.15, -0.1) is 0 Å². The van der Waals surface area contributed by atoms with E-state index in [1.807, 2.05) is 11.8 Å². The zero-order valence-corrected chi connectivity index (χ0v) is 9.48. The zero-order valence-electron chi connectivity index (χ0n) is 9.48. The first kappa shape index (κ1) is 15.9. The summed E-state index contributed by atoms with van der Waals surface area (Å²) >= 11 is 0. The molecule has 0 aromatic heterocycles. The van der Waals surface area contributed by atoms with Gasteiger partial charge in [-0.1, -0.05) is 0 Å². The third kappa shape index (κ3) is 4.85. The van der Waals surface area contributed by atoms with E-state index in [4.69, 9.17) is 9.84 Å². The van der Waals surface area contributed by atoms with Gasteiger partial charge in [-0.2, -0.15) is 0 Å². The van der Waals surface area contributed by atoms with Crippen LogP contribution in [0.5, 0.6) is 0 Å². The molecule has 6 heteroatoms.